The Bertz CT molecular complexity index is 1330. The van der Waals surface area contributed by atoms with E-state index >= 15 is 0 Å². The maximum absolute atomic E-state index is 13.9. The number of halogens is 7. The standard InChI is InChI=1S/C23H11Cl2F5O3/c1-9-4-11(32-8-12-18(26)20(28)22(30)21(29)19(12)27)7-15-17(9)23(31)16(33-15)6-10-2-3-13(24)14(25)5-10/h2-7H,8H2,1H3/b16-6-. The van der Waals surface area contributed by atoms with Gasteiger partial charge in [0.1, 0.15) is 18.1 Å². The third-order valence-corrected chi connectivity index (χ3v) is 5.61. The Morgan fingerprint density at radius 1 is 0.909 bits per heavy atom. The van der Waals surface area contributed by atoms with E-state index in [0.29, 0.717) is 16.1 Å². The molecule has 0 fully saturated rings. The van der Waals surface area contributed by atoms with Crippen LogP contribution in [0.25, 0.3) is 6.08 Å². The van der Waals surface area contributed by atoms with Crippen molar-refractivity contribution in [3.8, 4) is 11.5 Å². The minimum Gasteiger partial charge on any atom is -0.489 e. The summed E-state index contributed by atoms with van der Waals surface area (Å²) in [6.07, 6.45) is 1.46. The van der Waals surface area contributed by atoms with E-state index in [0.717, 1.165) is 0 Å². The Kier molecular flexibility index (Phi) is 6.07. The molecular formula is C23H11Cl2F5O3. The SMILES string of the molecule is Cc1cc(OCc2c(F)c(F)c(F)c(F)c2F)cc2c1C(=O)/C(=C/c1ccc(Cl)c(Cl)c1)O2. The zero-order chi connectivity index (χ0) is 24.0. The smallest absolute Gasteiger partial charge is 0.232 e. The highest BCUT2D eigenvalue weighted by Gasteiger charge is 2.31. The van der Waals surface area contributed by atoms with Crippen LogP contribution in [0.5, 0.6) is 11.5 Å². The van der Waals surface area contributed by atoms with Gasteiger partial charge in [-0.05, 0) is 42.3 Å². The number of allylic oxidation sites excluding steroid dienone is 1. The third kappa shape index (κ3) is 4.16. The number of ether oxygens (including phenoxy) is 2. The molecule has 1 heterocycles. The molecule has 0 spiro atoms. The van der Waals surface area contributed by atoms with Crippen LogP contribution in [0.1, 0.15) is 27.0 Å². The fourth-order valence-electron chi connectivity index (χ4n) is 3.25. The molecule has 0 bridgehead atoms. The van der Waals surface area contributed by atoms with Crippen LogP contribution in [0, 0.1) is 36.0 Å². The number of aryl methyl sites for hydroxylation is 1. The van der Waals surface area contributed by atoms with Crippen molar-refractivity contribution in [2.45, 2.75) is 13.5 Å². The van der Waals surface area contributed by atoms with Crippen molar-refractivity contribution in [2.24, 2.45) is 0 Å². The summed E-state index contributed by atoms with van der Waals surface area (Å²) in [5.74, 6) is -10.7. The lowest BCUT2D eigenvalue weighted by Crippen LogP contribution is -2.10. The van der Waals surface area contributed by atoms with E-state index in [4.69, 9.17) is 32.7 Å². The third-order valence-electron chi connectivity index (χ3n) is 4.87. The number of rotatable bonds is 4. The number of carbonyl (C=O) groups is 1. The van der Waals surface area contributed by atoms with Crippen molar-refractivity contribution in [2.75, 3.05) is 0 Å². The van der Waals surface area contributed by atoms with Gasteiger partial charge in [0.2, 0.25) is 11.6 Å². The molecule has 33 heavy (non-hydrogen) atoms. The molecule has 0 atom stereocenters. The first kappa shape index (κ1) is 23.1. The van der Waals surface area contributed by atoms with Gasteiger partial charge in [0.25, 0.3) is 0 Å². The number of Topliss-reactive ketones (excluding diaryl/α,β-unsaturated/α-hetero) is 1. The molecule has 1 aliphatic rings. The monoisotopic (exact) mass is 500 g/mol. The average Bonchev–Trinajstić information content (AvgIpc) is 3.09. The number of benzene rings is 3. The minimum atomic E-state index is -2.25. The maximum Gasteiger partial charge on any atom is 0.232 e. The van der Waals surface area contributed by atoms with E-state index < -0.39 is 47.0 Å². The second-order valence-corrected chi connectivity index (χ2v) is 7.88. The van der Waals surface area contributed by atoms with Crippen LogP contribution in [-0.2, 0) is 6.61 Å². The molecule has 0 aromatic heterocycles. The molecule has 10 heteroatoms. The van der Waals surface area contributed by atoms with Crippen LogP contribution < -0.4 is 9.47 Å². The van der Waals surface area contributed by atoms with Crippen molar-refractivity contribution < 1.29 is 36.2 Å². The molecule has 0 saturated heterocycles. The summed E-state index contributed by atoms with van der Waals surface area (Å²) in [6.45, 7) is 0.636. The summed E-state index contributed by atoms with van der Waals surface area (Å²) in [4.78, 5) is 12.7. The zero-order valence-electron chi connectivity index (χ0n) is 16.5. The zero-order valence-corrected chi connectivity index (χ0v) is 18.1. The summed E-state index contributed by atoms with van der Waals surface area (Å²) in [5.41, 5.74) is 0.0927. The number of fused-ring (bicyclic) bond motifs is 1. The van der Waals surface area contributed by atoms with Gasteiger partial charge in [-0.3, -0.25) is 4.79 Å². The largest absolute Gasteiger partial charge is 0.489 e. The van der Waals surface area contributed by atoms with Gasteiger partial charge >= 0.3 is 0 Å². The number of hydrogen-bond acceptors (Lipinski definition) is 3. The first-order valence-electron chi connectivity index (χ1n) is 9.25. The van der Waals surface area contributed by atoms with Gasteiger partial charge in [0, 0.05) is 6.07 Å². The summed E-state index contributed by atoms with van der Waals surface area (Å²) >= 11 is 11.9. The molecule has 3 aromatic rings. The highest BCUT2D eigenvalue weighted by atomic mass is 35.5. The van der Waals surface area contributed by atoms with Gasteiger partial charge in [-0.25, -0.2) is 22.0 Å². The fourth-order valence-corrected chi connectivity index (χ4v) is 3.55. The van der Waals surface area contributed by atoms with E-state index in [1.807, 2.05) is 0 Å². The fraction of sp³-hybridized carbons (Fsp3) is 0.0870. The van der Waals surface area contributed by atoms with Gasteiger partial charge in [-0.15, -0.1) is 0 Å². The molecule has 170 valence electrons. The second-order valence-electron chi connectivity index (χ2n) is 7.06. The van der Waals surface area contributed by atoms with Gasteiger partial charge < -0.3 is 9.47 Å². The van der Waals surface area contributed by atoms with Crippen molar-refractivity contribution >= 4 is 35.1 Å². The summed E-state index contributed by atoms with van der Waals surface area (Å²) < 4.78 is 78.6. The first-order valence-corrected chi connectivity index (χ1v) is 10.0. The van der Waals surface area contributed by atoms with Gasteiger partial charge in [0.05, 0.1) is 21.2 Å². The molecule has 0 radical (unpaired) electrons. The molecule has 0 saturated carbocycles. The summed E-state index contributed by atoms with van der Waals surface area (Å²) in [6, 6.07) is 7.39. The van der Waals surface area contributed by atoms with Crippen molar-refractivity contribution in [3.63, 3.8) is 0 Å². The molecule has 0 aliphatic carbocycles. The number of carbonyl (C=O) groups excluding carboxylic acids is 1. The lowest BCUT2D eigenvalue weighted by molar-refractivity contribution is 0.101. The Hall–Kier alpha value is -3.10. The van der Waals surface area contributed by atoms with Gasteiger partial charge in [0.15, 0.2) is 29.0 Å². The Morgan fingerprint density at radius 3 is 2.18 bits per heavy atom. The van der Waals surface area contributed by atoms with Crippen LogP contribution in [0.2, 0.25) is 10.0 Å². The van der Waals surface area contributed by atoms with Gasteiger partial charge in [-0.2, -0.15) is 0 Å². The lowest BCUT2D eigenvalue weighted by Gasteiger charge is -2.11. The van der Waals surface area contributed by atoms with E-state index in [2.05, 4.69) is 0 Å². The minimum absolute atomic E-state index is 0.00113. The van der Waals surface area contributed by atoms with E-state index in [1.165, 1.54) is 18.2 Å². The van der Waals surface area contributed by atoms with Gasteiger partial charge in [-0.1, -0.05) is 29.3 Å². The quantitative estimate of drug-likeness (QED) is 0.164. The molecular weight excluding hydrogens is 490 g/mol. The van der Waals surface area contributed by atoms with E-state index in [-0.39, 0.29) is 27.8 Å². The average molecular weight is 501 g/mol. The van der Waals surface area contributed by atoms with Crippen molar-refractivity contribution in [1.82, 2.24) is 0 Å². The number of ketones is 1. The molecule has 4 rings (SSSR count). The highest BCUT2D eigenvalue weighted by molar-refractivity contribution is 6.42. The van der Waals surface area contributed by atoms with Crippen LogP contribution >= 0.6 is 23.2 Å². The van der Waals surface area contributed by atoms with Crippen LogP contribution in [-0.4, -0.2) is 5.78 Å². The normalized spacial score (nSPS) is 13.9. The van der Waals surface area contributed by atoms with Crippen LogP contribution in [0.15, 0.2) is 36.1 Å². The van der Waals surface area contributed by atoms with Crippen molar-refractivity contribution in [3.05, 3.63) is 97.5 Å². The number of hydrogen-bond donors (Lipinski definition) is 0. The maximum atomic E-state index is 13.9. The van der Waals surface area contributed by atoms with Crippen LogP contribution in [0.3, 0.4) is 0 Å². The summed E-state index contributed by atoms with van der Waals surface area (Å²) in [7, 11) is 0. The topological polar surface area (TPSA) is 35.5 Å². The predicted molar refractivity (Wildman–Crippen MR) is 111 cm³/mol. The first-order chi connectivity index (χ1) is 15.6. The lowest BCUT2D eigenvalue weighted by atomic mass is 10.0. The second kappa shape index (κ2) is 8.68. The van der Waals surface area contributed by atoms with Crippen molar-refractivity contribution in [1.29, 1.82) is 0 Å². The Balaban J connectivity index is 1.61. The van der Waals surface area contributed by atoms with E-state index in [1.54, 1.807) is 25.1 Å². The Labute approximate surface area is 193 Å². The Morgan fingerprint density at radius 2 is 1.55 bits per heavy atom. The molecule has 1 aliphatic heterocycles. The molecule has 3 nitrogen and oxygen atoms in total. The van der Waals surface area contributed by atoms with Crippen LogP contribution in [0.4, 0.5) is 22.0 Å². The van der Waals surface area contributed by atoms with E-state index in [9.17, 15) is 26.7 Å². The molecule has 0 amide bonds. The highest BCUT2D eigenvalue weighted by Crippen LogP contribution is 2.38. The summed E-state index contributed by atoms with van der Waals surface area (Å²) in [5, 5.41) is 0.626. The molecule has 0 unspecified atom stereocenters. The molecule has 3 aromatic carbocycles. The molecule has 0 N–H and O–H groups in total. The predicted octanol–water partition coefficient (Wildman–Crippen LogP) is 7.19.